The number of aryl methyl sites for hydroxylation is 2. The highest BCUT2D eigenvalue weighted by Gasteiger charge is 2.49. The minimum atomic E-state index is -0.711. The van der Waals surface area contributed by atoms with Crippen molar-refractivity contribution in [2.75, 3.05) is 0 Å². The fourth-order valence-corrected chi connectivity index (χ4v) is 3.51. The van der Waals surface area contributed by atoms with Crippen LogP contribution in [-0.4, -0.2) is 15.6 Å². The Labute approximate surface area is 116 Å². The maximum Gasteiger partial charge on any atom is 0.204 e. The first kappa shape index (κ1) is 13.6. The van der Waals surface area contributed by atoms with Crippen molar-refractivity contribution < 1.29 is 9.59 Å². The summed E-state index contributed by atoms with van der Waals surface area (Å²) in [4.78, 5) is 24.3. The Morgan fingerprint density at radius 1 is 1.17 bits per heavy atom. The predicted molar refractivity (Wildman–Crippen MR) is 75.4 cm³/mol. The van der Waals surface area contributed by atoms with E-state index in [1.807, 2.05) is 26.0 Å². The van der Waals surface area contributed by atoms with Gasteiger partial charge in [-0.1, -0.05) is 29.4 Å². The average molecular weight is 283 g/mol. The van der Waals surface area contributed by atoms with Crippen molar-refractivity contribution in [1.29, 1.82) is 0 Å². The van der Waals surface area contributed by atoms with Gasteiger partial charge in [0.25, 0.3) is 0 Å². The van der Waals surface area contributed by atoms with E-state index >= 15 is 0 Å². The van der Waals surface area contributed by atoms with E-state index in [4.69, 9.17) is 11.6 Å². The molecular formula is C14H15ClO2S. The van der Waals surface area contributed by atoms with Gasteiger partial charge in [-0.15, -0.1) is 0 Å². The molecule has 0 spiro atoms. The highest BCUT2D eigenvalue weighted by Crippen LogP contribution is 2.45. The molecule has 1 aliphatic rings. The zero-order valence-electron chi connectivity index (χ0n) is 10.8. The molecule has 0 N–H and O–H groups in total. The van der Waals surface area contributed by atoms with Gasteiger partial charge in [-0.25, -0.2) is 0 Å². The molecule has 4 heteroatoms. The Hall–Kier alpha value is -0.800. The van der Waals surface area contributed by atoms with Gasteiger partial charge in [-0.2, -0.15) is 0 Å². The summed E-state index contributed by atoms with van der Waals surface area (Å²) >= 11 is 7.30. The van der Waals surface area contributed by atoms with Crippen molar-refractivity contribution in [3.05, 3.63) is 33.8 Å². The minimum Gasteiger partial charge on any atom is -0.297 e. The van der Waals surface area contributed by atoms with Gasteiger partial charge in [-0.05, 0) is 50.5 Å². The van der Waals surface area contributed by atoms with Crippen molar-refractivity contribution in [1.82, 2.24) is 0 Å². The third kappa shape index (κ3) is 2.10. The molecule has 0 saturated carbocycles. The molecule has 1 fully saturated rings. The van der Waals surface area contributed by atoms with E-state index in [9.17, 15) is 9.59 Å². The van der Waals surface area contributed by atoms with E-state index in [-0.39, 0.29) is 10.9 Å². The van der Waals surface area contributed by atoms with Crippen molar-refractivity contribution in [3.8, 4) is 0 Å². The van der Waals surface area contributed by atoms with E-state index in [2.05, 4.69) is 0 Å². The molecule has 96 valence electrons. The SMILES string of the molecule is Cc1cc(Cl)c(C2C(=O)SC(C)(C)C2=O)cc1C. The van der Waals surface area contributed by atoms with Crippen LogP contribution in [0.15, 0.2) is 12.1 Å². The van der Waals surface area contributed by atoms with Crippen LogP contribution in [0.25, 0.3) is 0 Å². The first-order valence-electron chi connectivity index (χ1n) is 5.78. The number of hydrogen-bond acceptors (Lipinski definition) is 3. The Balaban J connectivity index is 2.53. The number of carbonyl (C=O) groups excluding carboxylic acids is 2. The van der Waals surface area contributed by atoms with Gasteiger partial charge in [0.15, 0.2) is 5.78 Å². The second kappa shape index (κ2) is 4.39. The zero-order chi connectivity index (χ0) is 13.7. The van der Waals surface area contributed by atoms with Crippen molar-refractivity contribution in [2.45, 2.75) is 38.4 Å². The summed E-state index contributed by atoms with van der Waals surface area (Å²) in [7, 11) is 0. The van der Waals surface area contributed by atoms with Crippen molar-refractivity contribution >= 4 is 34.3 Å². The summed E-state index contributed by atoms with van der Waals surface area (Å²) in [6, 6.07) is 3.68. The van der Waals surface area contributed by atoms with E-state index < -0.39 is 10.7 Å². The molecule has 1 aliphatic heterocycles. The maximum atomic E-state index is 12.3. The summed E-state index contributed by atoms with van der Waals surface area (Å²) in [5.41, 5.74) is 2.76. The van der Waals surface area contributed by atoms with Gasteiger partial charge in [0.2, 0.25) is 5.12 Å². The fourth-order valence-electron chi connectivity index (χ4n) is 2.11. The van der Waals surface area contributed by atoms with Crippen LogP contribution in [-0.2, 0) is 9.59 Å². The molecule has 2 nitrogen and oxygen atoms in total. The largest absolute Gasteiger partial charge is 0.297 e. The number of halogens is 1. The summed E-state index contributed by atoms with van der Waals surface area (Å²) in [5, 5.41) is 0.401. The van der Waals surface area contributed by atoms with Crippen LogP contribution in [0.4, 0.5) is 0 Å². The topological polar surface area (TPSA) is 34.1 Å². The number of ketones is 1. The Kier molecular flexibility index (Phi) is 3.32. The van der Waals surface area contributed by atoms with Gasteiger partial charge in [0, 0.05) is 5.02 Å². The van der Waals surface area contributed by atoms with E-state index in [1.54, 1.807) is 13.8 Å². The normalized spacial score (nSPS) is 22.6. The standard InChI is InChI=1S/C14H15ClO2S/c1-7-5-9(10(15)6-8(7)2)11-12(16)14(3,4)18-13(11)17/h5-6,11H,1-4H3. The van der Waals surface area contributed by atoms with Crippen LogP contribution >= 0.6 is 23.4 Å². The molecule has 0 aromatic heterocycles. The zero-order valence-corrected chi connectivity index (χ0v) is 12.4. The van der Waals surface area contributed by atoms with Crippen LogP contribution < -0.4 is 0 Å². The second-order valence-corrected chi connectivity index (χ2v) is 7.22. The molecule has 1 heterocycles. The van der Waals surface area contributed by atoms with Crippen LogP contribution in [0.5, 0.6) is 0 Å². The Morgan fingerprint density at radius 3 is 2.22 bits per heavy atom. The van der Waals surface area contributed by atoms with Crippen LogP contribution in [0.3, 0.4) is 0 Å². The number of Topliss-reactive ketones (excluding diaryl/α,β-unsaturated/α-hetero) is 1. The molecular weight excluding hydrogens is 268 g/mol. The molecule has 2 rings (SSSR count). The maximum absolute atomic E-state index is 12.3. The Morgan fingerprint density at radius 2 is 1.72 bits per heavy atom. The molecule has 1 aromatic rings. The number of rotatable bonds is 1. The first-order valence-corrected chi connectivity index (χ1v) is 6.97. The van der Waals surface area contributed by atoms with Crippen LogP contribution in [0.1, 0.15) is 36.5 Å². The molecule has 0 bridgehead atoms. The number of hydrogen-bond donors (Lipinski definition) is 0. The lowest BCUT2D eigenvalue weighted by Crippen LogP contribution is -2.26. The fraction of sp³-hybridized carbons (Fsp3) is 0.429. The van der Waals surface area contributed by atoms with Gasteiger partial charge in [-0.3, -0.25) is 9.59 Å². The molecule has 0 radical (unpaired) electrons. The lowest BCUT2D eigenvalue weighted by molar-refractivity contribution is -0.124. The number of benzene rings is 1. The summed E-state index contributed by atoms with van der Waals surface area (Å²) in [5.74, 6) is -0.764. The van der Waals surface area contributed by atoms with Crippen molar-refractivity contribution in [3.63, 3.8) is 0 Å². The lowest BCUT2D eigenvalue weighted by atomic mass is 9.88. The molecule has 1 unspecified atom stereocenters. The molecule has 1 aromatic carbocycles. The lowest BCUT2D eigenvalue weighted by Gasteiger charge is -2.15. The monoisotopic (exact) mass is 282 g/mol. The smallest absolute Gasteiger partial charge is 0.204 e. The second-order valence-electron chi connectivity index (χ2n) is 5.19. The highest BCUT2D eigenvalue weighted by molar-refractivity contribution is 8.16. The quantitative estimate of drug-likeness (QED) is 0.737. The average Bonchev–Trinajstić information content (AvgIpc) is 2.43. The predicted octanol–water partition coefficient (Wildman–Crippen LogP) is 3.66. The van der Waals surface area contributed by atoms with E-state index in [0.29, 0.717) is 10.6 Å². The molecule has 1 saturated heterocycles. The van der Waals surface area contributed by atoms with Crippen molar-refractivity contribution in [2.24, 2.45) is 0 Å². The van der Waals surface area contributed by atoms with Crippen LogP contribution in [0, 0.1) is 13.8 Å². The number of thioether (sulfide) groups is 1. The third-order valence-electron chi connectivity index (χ3n) is 3.37. The summed E-state index contributed by atoms with van der Waals surface area (Å²) in [6.45, 7) is 7.49. The summed E-state index contributed by atoms with van der Waals surface area (Å²) in [6.07, 6.45) is 0. The molecule has 18 heavy (non-hydrogen) atoms. The first-order chi connectivity index (χ1) is 8.24. The van der Waals surface area contributed by atoms with Gasteiger partial charge < -0.3 is 0 Å². The highest BCUT2D eigenvalue weighted by atomic mass is 35.5. The van der Waals surface area contributed by atoms with Gasteiger partial charge in [0.05, 0.1) is 4.75 Å². The third-order valence-corrected chi connectivity index (χ3v) is 4.85. The van der Waals surface area contributed by atoms with Crippen LogP contribution in [0.2, 0.25) is 5.02 Å². The van der Waals surface area contributed by atoms with E-state index in [0.717, 1.165) is 22.9 Å². The summed E-state index contributed by atoms with van der Waals surface area (Å²) < 4.78 is -0.649. The van der Waals surface area contributed by atoms with E-state index in [1.165, 1.54) is 0 Å². The van der Waals surface area contributed by atoms with Gasteiger partial charge in [0.1, 0.15) is 5.92 Å². The molecule has 0 aliphatic carbocycles. The Bertz CT molecular complexity index is 549. The molecule has 1 atom stereocenters. The van der Waals surface area contributed by atoms with Gasteiger partial charge >= 0.3 is 0 Å². The minimum absolute atomic E-state index is 0.0531. The molecule has 0 amide bonds. The number of carbonyl (C=O) groups is 2.